The molecule has 1 unspecified atom stereocenters. The second kappa shape index (κ2) is 5.38. The normalized spacial score (nSPS) is 14.1. The van der Waals surface area contributed by atoms with Gasteiger partial charge in [-0.3, -0.25) is 4.79 Å². The lowest BCUT2D eigenvalue weighted by Gasteiger charge is -2.26. The second-order valence-electron chi connectivity index (χ2n) is 5.83. The quantitative estimate of drug-likeness (QED) is 0.752. The van der Waals surface area contributed by atoms with E-state index in [4.69, 9.17) is 0 Å². The highest BCUT2D eigenvalue weighted by atomic mass is 32.1. The lowest BCUT2D eigenvalue weighted by molar-refractivity contribution is 0.0912. The first kappa shape index (κ1) is 15.0. The summed E-state index contributed by atoms with van der Waals surface area (Å²) in [6.45, 7) is 5.63. The summed E-state index contributed by atoms with van der Waals surface area (Å²) in [7, 11) is 0. The van der Waals surface area contributed by atoms with Crippen LogP contribution in [0.15, 0.2) is 30.3 Å². The third-order valence-corrected chi connectivity index (χ3v) is 6.45. The molecule has 1 atom stereocenters. The van der Waals surface area contributed by atoms with Gasteiger partial charge in [0.25, 0.3) is 5.91 Å². The lowest BCUT2D eigenvalue weighted by Crippen LogP contribution is -2.48. The molecule has 0 radical (unpaired) electrons. The van der Waals surface area contributed by atoms with Crippen LogP contribution in [-0.4, -0.2) is 11.4 Å². The van der Waals surface area contributed by atoms with Crippen molar-refractivity contribution in [3.05, 3.63) is 35.2 Å². The molecule has 1 amide bonds. The summed E-state index contributed by atoms with van der Waals surface area (Å²) in [4.78, 5) is 13.1. The van der Waals surface area contributed by atoms with Gasteiger partial charge < -0.3 is 5.32 Å². The van der Waals surface area contributed by atoms with Crippen LogP contribution in [0.3, 0.4) is 0 Å². The largest absolute Gasteiger partial charge is 0.333 e. The Labute approximate surface area is 137 Å². The number of nitrogens with one attached hydrogen (secondary N) is 1. The molecule has 1 N–H and O–H groups in total. The van der Waals surface area contributed by atoms with E-state index in [-0.39, 0.29) is 11.8 Å². The molecule has 0 aliphatic carbocycles. The molecule has 0 aliphatic rings. The van der Waals surface area contributed by atoms with Gasteiger partial charge in [-0.15, -0.1) is 22.7 Å². The van der Waals surface area contributed by atoms with Crippen LogP contribution in [0.25, 0.3) is 19.5 Å². The molecule has 2 aromatic heterocycles. The highest BCUT2D eigenvalue weighted by molar-refractivity contribution is 7.33. The van der Waals surface area contributed by atoms with Crippen LogP contribution < -0.4 is 5.32 Å². The molecule has 0 saturated carbocycles. The van der Waals surface area contributed by atoms with E-state index in [0.717, 1.165) is 9.40 Å². The number of carbonyl (C=O) groups excluding carboxylic acids is 1. The minimum Gasteiger partial charge on any atom is -0.333 e. The Bertz CT molecular complexity index is 900. The monoisotopic (exact) mass is 328 g/mol. The van der Waals surface area contributed by atoms with Crippen LogP contribution in [0.4, 0.5) is 0 Å². The Morgan fingerprint density at radius 3 is 2.68 bits per heavy atom. The van der Waals surface area contributed by atoms with Crippen LogP contribution >= 0.6 is 22.7 Å². The van der Waals surface area contributed by atoms with E-state index in [0.29, 0.717) is 4.88 Å². The minimum atomic E-state index is -0.851. The van der Waals surface area contributed by atoms with Crippen molar-refractivity contribution >= 4 is 48.1 Å². The van der Waals surface area contributed by atoms with Crippen molar-refractivity contribution in [1.82, 2.24) is 5.32 Å². The molecule has 0 bridgehead atoms. The molecule has 3 rings (SSSR count). The van der Waals surface area contributed by atoms with Gasteiger partial charge in [-0.1, -0.05) is 32.0 Å². The van der Waals surface area contributed by atoms with Crippen molar-refractivity contribution in [2.24, 2.45) is 5.92 Å². The molecule has 3 nitrogen and oxygen atoms in total. The summed E-state index contributed by atoms with van der Waals surface area (Å²) in [5.74, 6) is -0.126. The number of benzene rings is 1. The molecule has 0 fully saturated rings. The van der Waals surface area contributed by atoms with Gasteiger partial charge in [0.2, 0.25) is 0 Å². The number of thiophene rings is 2. The number of rotatable bonds is 3. The highest BCUT2D eigenvalue weighted by Crippen LogP contribution is 2.39. The average Bonchev–Trinajstić information content (AvgIpc) is 3.04. The smallest absolute Gasteiger partial charge is 0.262 e. The molecule has 0 aliphatic heterocycles. The Kier molecular flexibility index (Phi) is 3.67. The van der Waals surface area contributed by atoms with Crippen molar-refractivity contribution < 1.29 is 4.79 Å². The van der Waals surface area contributed by atoms with Gasteiger partial charge in [-0.05, 0) is 25.0 Å². The maximum absolute atomic E-state index is 12.5. The van der Waals surface area contributed by atoms with Crippen molar-refractivity contribution in [3.8, 4) is 6.07 Å². The summed E-state index contributed by atoms with van der Waals surface area (Å²) in [5, 5.41) is 13.4. The minimum absolute atomic E-state index is 0.0448. The number of hydrogen-bond acceptors (Lipinski definition) is 4. The maximum atomic E-state index is 12.5. The van der Waals surface area contributed by atoms with Crippen molar-refractivity contribution in [1.29, 1.82) is 5.26 Å². The molecule has 3 aromatic rings. The second-order valence-corrected chi connectivity index (χ2v) is 7.96. The zero-order valence-corrected chi connectivity index (χ0v) is 14.3. The van der Waals surface area contributed by atoms with Crippen LogP contribution in [0.5, 0.6) is 0 Å². The number of carbonyl (C=O) groups is 1. The van der Waals surface area contributed by atoms with Crippen molar-refractivity contribution in [2.45, 2.75) is 26.3 Å². The zero-order chi connectivity index (χ0) is 15.9. The lowest BCUT2D eigenvalue weighted by atomic mass is 9.90. The predicted molar refractivity (Wildman–Crippen MR) is 93.5 cm³/mol. The highest BCUT2D eigenvalue weighted by Gasteiger charge is 2.31. The Morgan fingerprint density at radius 1 is 1.27 bits per heavy atom. The van der Waals surface area contributed by atoms with E-state index >= 15 is 0 Å². The van der Waals surface area contributed by atoms with Gasteiger partial charge in [0, 0.05) is 14.8 Å². The standard InChI is InChI=1S/C17H16N2OS2/c1-10(2)17(3,9-18)19-16(20)14-8-13-15(22-14)11-6-4-5-7-12(11)21-13/h4-8,10H,1-3H3,(H,19,20). The Balaban J connectivity index is 1.97. The fourth-order valence-electron chi connectivity index (χ4n) is 2.21. The summed E-state index contributed by atoms with van der Waals surface area (Å²) >= 11 is 3.19. The average molecular weight is 328 g/mol. The van der Waals surface area contributed by atoms with Crippen LogP contribution in [0.1, 0.15) is 30.4 Å². The number of amides is 1. The first-order valence-corrected chi connectivity index (χ1v) is 8.73. The summed E-state index contributed by atoms with van der Waals surface area (Å²) in [6, 6.07) is 12.4. The molecule has 1 aromatic carbocycles. The van der Waals surface area contributed by atoms with Crippen LogP contribution in [0, 0.1) is 17.2 Å². The molecule has 2 heterocycles. The molecule has 22 heavy (non-hydrogen) atoms. The van der Waals surface area contributed by atoms with Gasteiger partial charge in [0.15, 0.2) is 0 Å². The van der Waals surface area contributed by atoms with Gasteiger partial charge >= 0.3 is 0 Å². The SMILES string of the molecule is CC(C)C(C)(C#N)NC(=O)c1cc2sc3ccccc3c2s1. The maximum Gasteiger partial charge on any atom is 0.262 e. The first-order chi connectivity index (χ1) is 10.4. The van der Waals surface area contributed by atoms with Gasteiger partial charge in [-0.25, -0.2) is 0 Å². The predicted octanol–water partition coefficient (Wildman–Crippen LogP) is 4.78. The van der Waals surface area contributed by atoms with E-state index in [1.54, 1.807) is 18.3 Å². The number of nitriles is 1. The van der Waals surface area contributed by atoms with Crippen LogP contribution in [-0.2, 0) is 0 Å². The molecule has 112 valence electrons. The van der Waals surface area contributed by atoms with Crippen molar-refractivity contribution in [2.75, 3.05) is 0 Å². The van der Waals surface area contributed by atoms with Gasteiger partial charge in [-0.2, -0.15) is 5.26 Å². The van der Waals surface area contributed by atoms with Crippen LogP contribution in [0.2, 0.25) is 0 Å². The van der Waals surface area contributed by atoms with E-state index < -0.39 is 5.54 Å². The number of hydrogen-bond donors (Lipinski definition) is 1. The van der Waals surface area contributed by atoms with Gasteiger partial charge in [0.1, 0.15) is 5.54 Å². The number of nitrogens with zero attached hydrogens (tertiary/aromatic N) is 1. The summed E-state index contributed by atoms with van der Waals surface area (Å²) in [5.41, 5.74) is -0.851. The van der Waals surface area contributed by atoms with Gasteiger partial charge in [0.05, 0.1) is 15.6 Å². The molecular weight excluding hydrogens is 312 g/mol. The fraction of sp³-hybridized carbons (Fsp3) is 0.294. The summed E-state index contributed by atoms with van der Waals surface area (Å²) < 4.78 is 3.51. The molecule has 0 spiro atoms. The molecule has 5 heteroatoms. The Morgan fingerprint density at radius 2 is 2.00 bits per heavy atom. The molecular formula is C17H16N2OS2. The Hall–Kier alpha value is -1.90. The summed E-state index contributed by atoms with van der Waals surface area (Å²) in [6.07, 6.45) is 0. The fourth-order valence-corrected chi connectivity index (χ4v) is 4.63. The van der Waals surface area contributed by atoms with Crippen molar-refractivity contribution in [3.63, 3.8) is 0 Å². The topological polar surface area (TPSA) is 52.9 Å². The molecule has 0 saturated heterocycles. The van der Waals surface area contributed by atoms with E-state index in [1.165, 1.54) is 21.4 Å². The number of fused-ring (bicyclic) bond motifs is 3. The van der Waals surface area contributed by atoms with E-state index in [1.807, 2.05) is 32.0 Å². The first-order valence-electron chi connectivity index (χ1n) is 7.09. The van der Waals surface area contributed by atoms with E-state index in [2.05, 4.69) is 23.5 Å². The third-order valence-electron chi connectivity index (χ3n) is 4.03. The van der Waals surface area contributed by atoms with E-state index in [9.17, 15) is 10.1 Å². The third kappa shape index (κ3) is 2.39. The zero-order valence-electron chi connectivity index (χ0n) is 12.6.